The third-order valence-electron chi connectivity index (χ3n) is 6.21. The Morgan fingerprint density at radius 2 is 2.17 bits per heavy atom. The summed E-state index contributed by atoms with van der Waals surface area (Å²) < 4.78 is 13.7. The normalized spacial score (nSPS) is 20.8. The van der Waals surface area contributed by atoms with E-state index in [4.69, 9.17) is 4.98 Å². The molecule has 1 N–H and O–H groups in total. The molecule has 5 rings (SSSR count). The second-order valence-corrected chi connectivity index (χ2v) is 8.07. The third kappa shape index (κ3) is 3.01. The largest absolute Gasteiger partial charge is 0.338 e. The van der Waals surface area contributed by atoms with Gasteiger partial charge in [-0.3, -0.25) is 9.89 Å². The highest BCUT2D eigenvalue weighted by atomic mass is 19.1. The van der Waals surface area contributed by atoms with Crippen LogP contribution in [-0.2, 0) is 11.8 Å². The van der Waals surface area contributed by atoms with Crippen molar-refractivity contribution in [2.45, 2.75) is 38.0 Å². The summed E-state index contributed by atoms with van der Waals surface area (Å²) in [5.41, 5.74) is 3.87. The molecule has 1 fully saturated rings. The summed E-state index contributed by atoms with van der Waals surface area (Å²) in [5.74, 6) is 0.359. The molecule has 0 radical (unpaired) electrons. The van der Waals surface area contributed by atoms with Crippen molar-refractivity contribution >= 4 is 5.91 Å². The fraction of sp³-hybridized carbons (Fsp3) is 0.364. The van der Waals surface area contributed by atoms with Crippen LogP contribution in [0.1, 0.15) is 46.7 Å². The molecule has 2 aliphatic rings. The molecule has 6 nitrogen and oxygen atoms in total. The number of carbonyl (C=O) groups excluding carboxylic acids is 1. The summed E-state index contributed by atoms with van der Waals surface area (Å²) >= 11 is 0. The highest BCUT2D eigenvalue weighted by Gasteiger charge is 2.45. The van der Waals surface area contributed by atoms with Crippen LogP contribution in [0.3, 0.4) is 0 Å². The molecule has 0 bridgehead atoms. The van der Waals surface area contributed by atoms with Gasteiger partial charge in [-0.25, -0.2) is 14.4 Å². The number of aryl methyl sites for hydroxylation is 2. The monoisotopic (exact) mass is 391 g/mol. The number of nitrogens with one attached hydrogen (secondary N) is 1. The van der Waals surface area contributed by atoms with Crippen LogP contribution in [0.15, 0.2) is 36.7 Å². The van der Waals surface area contributed by atoms with Gasteiger partial charge >= 0.3 is 0 Å². The van der Waals surface area contributed by atoms with E-state index >= 15 is 0 Å². The topological polar surface area (TPSA) is 74.8 Å². The predicted octanol–water partition coefficient (Wildman–Crippen LogP) is 3.43. The molecule has 1 atom stereocenters. The number of likely N-dealkylation sites (tertiary alicyclic amines) is 1. The smallest absolute Gasteiger partial charge is 0.257 e. The molecule has 1 aromatic carbocycles. The van der Waals surface area contributed by atoms with E-state index in [1.165, 1.54) is 17.7 Å². The van der Waals surface area contributed by atoms with Gasteiger partial charge in [0, 0.05) is 30.3 Å². The number of nitrogens with zero attached hydrogens (tertiary/aromatic N) is 4. The molecule has 3 aromatic rings. The van der Waals surface area contributed by atoms with E-state index < -0.39 is 0 Å². The number of H-pyrrole nitrogens is 1. The van der Waals surface area contributed by atoms with E-state index in [9.17, 15) is 9.18 Å². The van der Waals surface area contributed by atoms with Gasteiger partial charge in [0.2, 0.25) is 0 Å². The summed E-state index contributed by atoms with van der Waals surface area (Å²) in [4.78, 5) is 24.4. The lowest BCUT2D eigenvalue weighted by molar-refractivity contribution is 0.0634. The molecule has 1 spiro atoms. The maximum atomic E-state index is 13.7. The summed E-state index contributed by atoms with van der Waals surface area (Å²) in [6.07, 6.45) is 7.39. The molecule has 148 valence electrons. The molecule has 1 aliphatic carbocycles. The van der Waals surface area contributed by atoms with Crippen molar-refractivity contribution in [2.75, 3.05) is 13.1 Å². The van der Waals surface area contributed by atoms with E-state index in [0.29, 0.717) is 29.9 Å². The zero-order valence-corrected chi connectivity index (χ0v) is 16.3. The second kappa shape index (κ2) is 6.76. The maximum Gasteiger partial charge on any atom is 0.257 e. The number of hydrogen-bond acceptors (Lipinski definition) is 4. The fourth-order valence-corrected chi connectivity index (χ4v) is 4.81. The number of piperidine rings is 1. The summed E-state index contributed by atoms with van der Waals surface area (Å²) in [6.45, 7) is 3.26. The number of benzene rings is 1. The first-order valence-electron chi connectivity index (χ1n) is 9.97. The van der Waals surface area contributed by atoms with Crippen LogP contribution in [0.5, 0.6) is 0 Å². The number of carbonyl (C=O) groups is 1. The number of fused-ring (bicyclic) bond motifs is 2. The molecule has 29 heavy (non-hydrogen) atoms. The summed E-state index contributed by atoms with van der Waals surface area (Å²) in [7, 11) is 0. The summed E-state index contributed by atoms with van der Waals surface area (Å²) in [6, 6.07) is 6.21. The van der Waals surface area contributed by atoms with Crippen LogP contribution >= 0.6 is 0 Å². The van der Waals surface area contributed by atoms with Crippen LogP contribution in [0.4, 0.5) is 4.39 Å². The zero-order valence-electron chi connectivity index (χ0n) is 16.3. The number of aromatic amines is 1. The average Bonchev–Trinajstić information content (AvgIpc) is 3.34. The number of rotatable bonds is 2. The molecule has 2 aromatic heterocycles. The molecule has 7 heteroatoms. The van der Waals surface area contributed by atoms with Crippen LogP contribution in [0, 0.1) is 12.7 Å². The number of aromatic nitrogens is 4. The molecule has 3 heterocycles. The molecular formula is C22H22FN5O. The highest BCUT2D eigenvalue weighted by Crippen LogP contribution is 2.44. The number of amides is 1. The first-order chi connectivity index (χ1) is 14.1. The van der Waals surface area contributed by atoms with Crippen molar-refractivity contribution in [3.05, 3.63) is 65.1 Å². The van der Waals surface area contributed by atoms with Crippen molar-refractivity contribution in [3.63, 3.8) is 0 Å². The van der Waals surface area contributed by atoms with Crippen molar-refractivity contribution in [2.24, 2.45) is 0 Å². The molecule has 1 aliphatic heterocycles. The zero-order chi connectivity index (χ0) is 20.0. The Morgan fingerprint density at radius 3 is 3.03 bits per heavy atom. The van der Waals surface area contributed by atoms with Crippen LogP contribution in [0.25, 0.3) is 11.3 Å². The molecule has 1 amide bonds. The fourth-order valence-electron chi connectivity index (χ4n) is 4.81. The summed E-state index contributed by atoms with van der Waals surface area (Å²) in [5, 5.41) is 6.93. The Bertz CT molecular complexity index is 1090. The van der Waals surface area contributed by atoms with Crippen molar-refractivity contribution in [3.8, 4) is 11.3 Å². The Kier molecular flexibility index (Phi) is 4.19. The van der Waals surface area contributed by atoms with E-state index in [1.54, 1.807) is 18.3 Å². The van der Waals surface area contributed by atoms with Crippen LogP contribution < -0.4 is 0 Å². The first-order valence-corrected chi connectivity index (χ1v) is 9.97. The lowest BCUT2D eigenvalue weighted by atomic mass is 9.77. The van der Waals surface area contributed by atoms with Crippen molar-refractivity contribution in [1.82, 2.24) is 25.1 Å². The molecule has 1 unspecified atom stereocenters. The minimum atomic E-state index is -0.343. The predicted molar refractivity (Wildman–Crippen MR) is 106 cm³/mol. The number of hydrogen-bond donors (Lipinski definition) is 1. The van der Waals surface area contributed by atoms with E-state index in [-0.39, 0.29) is 17.1 Å². The SMILES string of the molecule is Cc1ncc2c(n1)C1(CCCN(C(=O)c3cn[nH]c3-c3cccc(F)c3)C1)CC2. The number of halogens is 1. The standard InChI is InChI=1S/C22H22FN5O/c1-14-24-11-16-6-8-22(20(16)26-14)7-3-9-28(13-22)21(29)18-12-25-27-19(18)15-4-2-5-17(23)10-15/h2,4-5,10-12H,3,6-9,13H2,1H3,(H,25,27). The van der Waals surface area contributed by atoms with Crippen molar-refractivity contribution < 1.29 is 9.18 Å². The Balaban J connectivity index is 1.46. The van der Waals surface area contributed by atoms with Gasteiger partial charge < -0.3 is 4.90 Å². The first kappa shape index (κ1) is 18.0. The lowest BCUT2D eigenvalue weighted by Gasteiger charge is -2.40. The van der Waals surface area contributed by atoms with E-state index in [0.717, 1.165) is 37.2 Å². The Morgan fingerprint density at radius 1 is 1.28 bits per heavy atom. The average molecular weight is 391 g/mol. The second-order valence-electron chi connectivity index (χ2n) is 8.07. The van der Waals surface area contributed by atoms with Gasteiger partial charge in [-0.1, -0.05) is 12.1 Å². The minimum absolute atomic E-state index is 0.0729. The maximum absolute atomic E-state index is 13.7. The van der Waals surface area contributed by atoms with Gasteiger partial charge in [-0.15, -0.1) is 0 Å². The third-order valence-corrected chi connectivity index (χ3v) is 6.21. The van der Waals surface area contributed by atoms with Gasteiger partial charge in [-0.2, -0.15) is 5.10 Å². The lowest BCUT2D eigenvalue weighted by Crippen LogP contribution is -2.48. The molecule has 1 saturated heterocycles. The van der Waals surface area contributed by atoms with Crippen LogP contribution in [-0.4, -0.2) is 44.1 Å². The van der Waals surface area contributed by atoms with Gasteiger partial charge in [0.15, 0.2) is 0 Å². The Hall–Kier alpha value is -3.09. The minimum Gasteiger partial charge on any atom is -0.338 e. The quantitative estimate of drug-likeness (QED) is 0.726. The van der Waals surface area contributed by atoms with Crippen LogP contribution in [0.2, 0.25) is 0 Å². The molecule has 0 saturated carbocycles. The van der Waals surface area contributed by atoms with Crippen molar-refractivity contribution in [1.29, 1.82) is 0 Å². The highest BCUT2D eigenvalue weighted by molar-refractivity contribution is 5.99. The van der Waals surface area contributed by atoms with Gasteiger partial charge in [0.1, 0.15) is 11.6 Å². The molecular weight excluding hydrogens is 369 g/mol. The van der Waals surface area contributed by atoms with Gasteiger partial charge in [-0.05, 0) is 50.3 Å². The Labute approximate surface area is 168 Å². The van der Waals surface area contributed by atoms with Gasteiger partial charge in [0.05, 0.1) is 23.1 Å². The van der Waals surface area contributed by atoms with E-state index in [2.05, 4.69) is 15.2 Å². The van der Waals surface area contributed by atoms with Gasteiger partial charge in [0.25, 0.3) is 5.91 Å². The van der Waals surface area contributed by atoms with E-state index in [1.807, 2.05) is 18.0 Å².